The van der Waals surface area contributed by atoms with Crippen LogP contribution >= 0.6 is 0 Å². The number of rotatable bonds is 3. The number of nitrogens with one attached hydrogen (secondary N) is 2. The van der Waals surface area contributed by atoms with E-state index in [1.54, 1.807) is 5.57 Å². The molecule has 2 aliphatic rings. The van der Waals surface area contributed by atoms with Crippen LogP contribution in [0.15, 0.2) is 54.1 Å². The second kappa shape index (κ2) is 5.45. The van der Waals surface area contributed by atoms with Gasteiger partial charge in [0.2, 0.25) is 0 Å². The quantitative estimate of drug-likeness (QED) is 0.751. The Morgan fingerprint density at radius 1 is 0.958 bits per heavy atom. The van der Waals surface area contributed by atoms with Gasteiger partial charge in [-0.3, -0.25) is 0 Å². The molecule has 3 aromatic rings. The summed E-state index contributed by atoms with van der Waals surface area (Å²) in [6, 6.07) is 16.7. The Morgan fingerprint density at radius 3 is 2.79 bits per heavy atom. The van der Waals surface area contributed by atoms with Crippen molar-refractivity contribution >= 4 is 16.6 Å². The third-order valence-corrected chi connectivity index (χ3v) is 5.13. The van der Waals surface area contributed by atoms with Gasteiger partial charge in [-0.15, -0.1) is 0 Å². The molecule has 5 rings (SSSR count). The molecule has 3 heteroatoms. The van der Waals surface area contributed by atoms with E-state index in [4.69, 9.17) is 4.74 Å². The molecular formula is C21H20N2O. The number of H-pyrrole nitrogens is 1. The van der Waals surface area contributed by atoms with Crippen LogP contribution in [0.2, 0.25) is 0 Å². The minimum atomic E-state index is 0.601. The third-order valence-electron chi connectivity index (χ3n) is 5.13. The molecule has 0 fully saturated rings. The van der Waals surface area contributed by atoms with E-state index in [-0.39, 0.29) is 0 Å². The van der Waals surface area contributed by atoms with Gasteiger partial charge in [0, 0.05) is 23.5 Å². The van der Waals surface area contributed by atoms with Crippen LogP contribution in [0, 0.1) is 0 Å². The molecule has 0 amide bonds. The zero-order valence-electron chi connectivity index (χ0n) is 13.6. The van der Waals surface area contributed by atoms with Gasteiger partial charge in [0.25, 0.3) is 0 Å². The molecule has 2 aromatic carbocycles. The molecule has 0 bridgehead atoms. The summed E-state index contributed by atoms with van der Waals surface area (Å²) in [6.45, 7) is 1.68. The highest BCUT2D eigenvalue weighted by Gasteiger charge is 2.25. The summed E-state index contributed by atoms with van der Waals surface area (Å²) in [7, 11) is 0. The van der Waals surface area contributed by atoms with Gasteiger partial charge in [-0.2, -0.15) is 0 Å². The van der Waals surface area contributed by atoms with Gasteiger partial charge in [0.05, 0.1) is 11.4 Å². The van der Waals surface area contributed by atoms with Crippen LogP contribution in [0.4, 0.5) is 0 Å². The zero-order valence-corrected chi connectivity index (χ0v) is 13.6. The van der Waals surface area contributed by atoms with Crippen LogP contribution in [-0.2, 0) is 13.0 Å². The minimum absolute atomic E-state index is 0.601. The molecule has 2 N–H and O–H groups in total. The van der Waals surface area contributed by atoms with Gasteiger partial charge in [0.1, 0.15) is 12.4 Å². The van der Waals surface area contributed by atoms with Crippen LogP contribution in [0.3, 0.4) is 0 Å². The lowest BCUT2D eigenvalue weighted by atomic mass is 9.93. The lowest BCUT2D eigenvalue weighted by Crippen LogP contribution is -2.10. The van der Waals surface area contributed by atoms with Gasteiger partial charge in [-0.25, -0.2) is 0 Å². The predicted molar refractivity (Wildman–Crippen MR) is 96.9 cm³/mol. The van der Waals surface area contributed by atoms with Crippen LogP contribution in [0.1, 0.15) is 29.7 Å². The topological polar surface area (TPSA) is 37.0 Å². The number of fused-ring (bicyclic) bond motifs is 4. The zero-order chi connectivity index (χ0) is 15.9. The summed E-state index contributed by atoms with van der Waals surface area (Å²) < 4.78 is 5.97. The standard InChI is InChI=1S/C21H20N2O/c1-2-4-14(5-3-1)13-24-16-7-9-17-18-8-6-15-10-11-22-20(15)21(18)23-19(17)12-16/h1-5,7,9,12,22-23H,6,8,10-11,13H2. The number of ether oxygens (including phenoxy) is 1. The first-order chi connectivity index (χ1) is 11.9. The fourth-order valence-electron chi connectivity index (χ4n) is 3.92. The normalized spacial score (nSPS) is 16.0. The molecule has 24 heavy (non-hydrogen) atoms. The van der Waals surface area contributed by atoms with E-state index >= 15 is 0 Å². The summed E-state index contributed by atoms with van der Waals surface area (Å²) in [5, 5.41) is 4.88. The van der Waals surface area contributed by atoms with E-state index in [9.17, 15) is 0 Å². The second-order valence-electron chi connectivity index (χ2n) is 6.62. The molecule has 1 aromatic heterocycles. The number of benzene rings is 2. The molecule has 0 atom stereocenters. The van der Waals surface area contributed by atoms with Crippen molar-refractivity contribution in [2.45, 2.75) is 25.9 Å². The van der Waals surface area contributed by atoms with Gasteiger partial charge in [-0.05, 0) is 48.1 Å². The fraction of sp³-hybridized carbons (Fsp3) is 0.238. The van der Waals surface area contributed by atoms with Crippen molar-refractivity contribution < 1.29 is 4.74 Å². The van der Waals surface area contributed by atoms with E-state index in [2.05, 4.69) is 40.6 Å². The molecule has 1 aliphatic carbocycles. The van der Waals surface area contributed by atoms with Gasteiger partial charge < -0.3 is 15.0 Å². The maximum Gasteiger partial charge on any atom is 0.121 e. The molecule has 120 valence electrons. The predicted octanol–water partition coefficient (Wildman–Crippen LogP) is 4.40. The number of aromatic nitrogens is 1. The lowest BCUT2D eigenvalue weighted by Gasteiger charge is -2.14. The maximum absolute atomic E-state index is 5.97. The summed E-state index contributed by atoms with van der Waals surface area (Å²) in [5.41, 5.74) is 8.03. The van der Waals surface area contributed by atoms with E-state index in [0.29, 0.717) is 6.61 Å². The maximum atomic E-state index is 5.97. The molecule has 1 aliphatic heterocycles. The fourth-order valence-corrected chi connectivity index (χ4v) is 3.92. The van der Waals surface area contributed by atoms with E-state index < -0.39 is 0 Å². The Bertz CT molecular complexity index is 937. The first-order valence-electron chi connectivity index (χ1n) is 8.66. The molecule has 0 spiro atoms. The van der Waals surface area contributed by atoms with Crippen LogP contribution in [-0.4, -0.2) is 11.5 Å². The Labute approximate surface area is 141 Å². The smallest absolute Gasteiger partial charge is 0.121 e. The number of aromatic amines is 1. The largest absolute Gasteiger partial charge is 0.489 e. The number of aryl methyl sites for hydroxylation is 1. The summed E-state index contributed by atoms with van der Waals surface area (Å²) >= 11 is 0. The van der Waals surface area contributed by atoms with Crippen LogP contribution in [0.25, 0.3) is 16.6 Å². The van der Waals surface area contributed by atoms with Crippen molar-refractivity contribution in [3.63, 3.8) is 0 Å². The van der Waals surface area contributed by atoms with E-state index in [0.717, 1.165) is 18.7 Å². The number of hydrogen-bond acceptors (Lipinski definition) is 2. The molecule has 0 unspecified atom stereocenters. The van der Waals surface area contributed by atoms with Crippen molar-refractivity contribution in [1.82, 2.24) is 10.3 Å². The molecule has 0 radical (unpaired) electrons. The molecular weight excluding hydrogens is 296 g/mol. The van der Waals surface area contributed by atoms with Crippen molar-refractivity contribution in [3.8, 4) is 5.75 Å². The average Bonchev–Trinajstić information content (AvgIpc) is 3.24. The van der Waals surface area contributed by atoms with Crippen LogP contribution in [0.5, 0.6) is 5.75 Å². The Hall–Kier alpha value is -2.68. The van der Waals surface area contributed by atoms with Gasteiger partial charge in [0.15, 0.2) is 0 Å². The first kappa shape index (κ1) is 13.7. The number of hydrogen-bond donors (Lipinski definition) is 2. The lowest BCUT2D eigenvalue weighted by molar-refractivity contribution is 0.306. The molecule has 0 saturated heterocycles. The summed E-state index contributed by atoms with van der Waals surface area (Å²) in [4.78, 5) is 3.63. The van der Waals surface area contributed by atoms with E-state index in [1.807, 2.05) is 18.2 Å². The first-order valence-corrected chi connectivity index (χ1v) is 8.66. The highest BCUT2D eigenvalue weighted by Crippen LogP contribution is 2.38. The Balaban J connectivity index is 1.47. The molecule has 3 nitrogen and oxygen atoms in total. The highest BCUT2D eigenvalue weighted by atomic mass is 16.5. The van der Waals surface area contributed by atoms with E-state index in [1.165, 1.54) is 46.3 Å². The SMILES string of the molecule is c1ccc(COc2ccc3c4c([nH]c3c2)C2=C(CCN2)CC4)cc1. The Morgan fingerprint density at radius 2 is 1.88 bits per heavy atom. The third kappa shape index (κ3) is 2.20. The molecule has 2 heterocycles. The van der Waals surface area contributed by atoms with Crippen molar-refractivity contribution in [3.05, 3.63) is 70.9 Å². The van der Waals surface area contributed by atoms with Gasteiger partial charge in [-0.1, -0.05) is 30.3 Å². The minimum Gasteiger partial charge on any atom is -0.489 e. The van der Waals surface area contributed by atoms with Crippen LogP contribution < -0.4 is 10.1 Å². The highest BCUT2D eigenvalue weighted by molar-refractivity contribution is 5.91. The Kier molecular flexibility index (Phi) is 3.12. The van der Waals surface area contributed by atoms with Gasteiger partial charge >= 0.3 is 0 Å². The summed E-state index contributed by atoms with van der Waals surface area (Å²) in [6.07, 6.45) is 3.52. The second-order valence-corrected chi connectivity index (χ2v) is 6.62. The van der Waals surface area contributed by atoms with Crippen molar-refractivity contribution in [1.29, 1.82) is 0 Å². The monoisotopic (exact) mass is 316 g/mol. The van der Waals surface area contributed by atoms with Crippen molar-refractivity contribution in [2.75, 3.05) is 6.54 Å². The summed E-state index contributed by atoms with van der Waals surface area (Å²) in [5.74, 6) is 0.915. The van der Waals surface area contributed by atoms with Crippen molar-refractivity contribution in [2.24, 2.45) is 0 Å². The molecule has 0 saturated carbocycles. The average molecular weight is 316 g/mol.